The van der Waals surface area contributed by atoms with Gasteiger partial charge in [-0.05, 0) is 25.1 Å². The number of thioether (sulfide) groups is 1. The Balaban J connectivity index is 1.75. The molecule has 1 unspecified atom stereocenters. The molecule has 0 bridgehead atoms. The number of hydrogen-bond donors (Lipinski definition) is 0. The smallest absolute Gasteiger partial charge is 0.277 e. The molecule has 3 rings (SSSR count). The van der Waals surface area contributed by atoms with Gasteiger partial charge in [0.25, 0.3) is 5.22 Å². The quantitative estimate of drug-likeness (QED) is 0.564. The summed E-state index contributed by atoms with van der Waals surface area (Å²) in [6.45, 7) is 5.97. The fourth-order valence-corrected chi connectivity index (χ4v) is 2.91. The Morgan fingerprint density at radius 3 is 2.46 bits per heavy atom. The van der Waals surface area contributed by atoms with Crippen molar-refractivity contribution in [1.82, 2.24) is 20.3 Å². The molecule has 0 spiro atoms. The van der Waals surface area contributed by atoms with E-state index in [1.807, 2.05) is 26.8 Å². The lowest BCUT2D eigenvalue weighted by molar-refractivity contribution is 0.355. The standard InChI is InChI=1S/C17H20N4O4S/c1-9(2)14-18-15(25-21-14)10(3)26-17-20-19-16(24-17)11-6-7-12(22-4)13(8-11)23-5/h6-10H,1-5H3. The molecule has 9 heteroatoms. The van der Waals surface area contributed by atoms with Crippen LogP contribution in [0.15, 0.2) is 32.4 Å². The highest BCUT2D eigenvalue weighted by atomic mass is 32.2. The van der Waals surface area contributed by atoms with Gasteiger partial charge < -0.3 is 18.4 Å². The molecule has 0 saturated carbocycles. The molecule has 2 aromatic heterocycles. The van der Waals surface area contributed by atoms with E-state index in [-0.39, 0.29) is 11.2 Å². The van der Waals surface area contributed by atoms with E-state index >= 15 is 0 Å². The van der Waals surface area contributed by atoms with Gasteiger partial charge in [0.05, 0.1) is 19.5 Å². The van der Waals surface area contributed by atoms with Gasteiger partial charge in [0.2, 0.25) is 11.8 Å². The average molecular weight is 376 g/mol. The number of aromatic nitrogens is 4. The van der Waals surface area contributed by atoms with Gasteiger partial charge in [-0.15, -0.1) is 10.2 Å². The Kier molecular flexibility index (Phi) is 5.46. The Hall–Kier alpha value is -2.55. The Bertz CT molecular complexity index is 877. The molecule has 26 heavy (non-hydrogen) atoms. The van der Waals surface area contributed by atoms with Crippen molar-refractivity contribution in [2.45, 2.75) is 37.2 Å². The molecular weight excluding hydrogens is 356 g/mol. The highest BCUT2D eigenvalue weighted by molar-refractivity contribution is 7.99. The van der Waals surface area contributed by atoms with Crippen LogP contribution in [0.4, 0.5) is 0 Å². The molecule has 0 N–H and O–H groups in total. The van der Waals surface area contributed by atoms with E-state index in [1.54, 1.807) is 26.4 Å². The van der Waals surface area contributed by atoms with E-state index in [0.29, 0.717) is 34.3 Å². The molecular formula is C17H20N4O4S. The van der Waals surface area contributed by atoms with Crippen LogP contribution in [-0.4, -0.2) is 34.6 Å². The zero-order chi connectivity index (χ0) is 18.7. The summed E-state index contributed by atoms with van der Waals surface area (Å²) < 4.78 is 21.6. The van der Waals surface area contributed by atoms with Crippen LogP contribution in [0, 0.1) is 0 Å². The predicted octanol–water partition coefficient (Wildman–Crippen LogP) is 4.11. The summed E-state index contributed by atoms with van der Waals surface area (Å²) >= 11 is 1.36. The van der Waals surface area contributed by atoms with Crippen molar-refractivity contribution in [3.8, 4) is 23.0 Å². The molecule has 0 aliphatic carbocycles. The van der Waals surface area contributed by atoms with Crippen molar-refractivity contribution in [2.75, 3.05) is 14.2 Å². The highest BCUT2D eigenvalue weighted by Gasteiger charge is 2.20. The molecule has 0 fully saturated rings. The van der Waals surface area contributed by atoms with Crippen LogP contribution in [0.5, 0.6) is 11.5 Å². The SMILES string of the molecule is COc1ccc(-c2nnc(SC(C)c3nc(C(C)C)no3)o2)cc1OC. The monoisotopic (exact) mass is 376 g/mol. The lowest BCUT2D eigenvalue weighted by atomic mass is 10.2. The van der Waals surface area contributed by atoms with Gasteiger partial charge in [0.1, 0.15) is 0 Å². The third-order valence-electron chi connectivity index (χ3n) is 3.64. The normalized spacial score (nSPS) is 12.4. The number of ether oxygens (including phenoxy) is 2. The van der Waals surface area contributed by atoms with Gasteiger partial charge in [0, 0.05) is 11.5 Å². The van der Waals surface area contributed by atoms with Crippen LogP contribution in [0.1, 0.15) is 43.7 Å². The molecule has 8 nitrogen and oxygen atoms in total. The summed E-state index contributed by atoms with van der Waals surface area (Å²) in [4.78, 5) is 4.39. The van der Waals surface area contributed by atoms with E-state index < -0.39 is 0 Å². The largest absolute Gasteiger partial charge is 0.493 e. The molecule has 0 amide bonds. The van der Waals surface area contributed by atoms with Crippen molar-refractivity contribution in [3.05, 3.63) is 29.9 Å². The number of benzene rings is 1. The van der Waals surface area contributed by atoms with Gasteiger partial charge in [-0.1, -0.05) is 30.8 Å². The molecule has 0 aliphatic heterocycles. The van der Waals surface area contributed by atoms with Crippen LogP contribution in [0.3, 0.4) is 0 Å². The summed E-state index contributed by atoms with van der Waals surface area (Å²) in [5.41, 5.74) is 0.745. The predicted molar refractivity (Wildman–Crippen MR) is 95.5 cm³/mol. The summed E-state index contributed by atoms with van der Waals surface area (Å²) in [6.07, 6.45) is 0. The van der Waals surface area contributed by atoms with Crippen molar-refractivity contribution in [3.63, 3.8) is 0 Å². The second kappa shape index (κ2) is 7.77. The Morgan fingerprint density at radius 1 is 1.04 bits per heavy atom. The fraction of sp³-hybridized carbons (Fsp3) is 0.412. The first-order valence-electron chi connectivity index (χ1n) is 8.07. The minimum Gasteiger partial charge on any atom is -0.493 e. The number of rotatable bonds is 7. The van der Waals surface area contributed by atoms with Crippen LogP contribution in [0.2, 0.25) is 0 Å². The van der Waals surface area contributed by atoms with Gasteiger partial charge >= 0.3 is 0 Å². The van der Waals surface area contributed by atoms with Crippen molar-refractivity contribution >= 4 is 11.8 Å². The second-order valence-corrected chi connectivity index (χ2v) is 7.14. The molecule has 1 aromatic carbocycles. The first-order valence-corrected chi connectivity index (χ1v) is 8.95. The average Bonchev–Trinajstić information content (AvgIpc) is 3.30. The maximum absolute atomic E-state index is 5.74. The first-order chi connectivity index (χ1) is 12.5. The minimum atomic E-state index is -0.103. The van der Waals surface area contributed by atoms with Crippen molar-refractivity contribution in [2.24, 2.45) is 0 Å². The number of nitrogens with zero attached hydrogens (tertiary/aromatic N) is 4. The Morgan fingerprint density at radius 2 is 1.81 bits per heavy atom. The number of methoxy groups -OCH3 is 2. The molecule has 3 aromatic rings. The molecule has 0 radical (unpaired) electrons. The van der Waals surface area contributed by atoms with E-state index in [2.05, 4.69) is 20.3 Å². The molecule has 0 aliphatic rings. The molecule has 0 saturated heterocycles. The maximum atomic E-state index is 5.74. The van der Waals surface area contributed by atoms with E-state index in [1.165, 1.54) is 11.8 Å². The van der Waals surface area contributed by atoms with E-state index in [9.17, 15) is 0 Å². The van der Waals surface area contributed by atoms with Crippen molar-refractivity contribution in [1.29, 1.82) is 0 Å². The number of hydrogen-bond acceptors (Lipinski definition) is 9. The lowest BCUT2D eigenvalue weighted by Gasteiger charge is -2.07. The Labute approximate surface area is 155 Å². The van der Waals surface area contributed by atoms with Gasteiger partial charge in [-0.3, -0.25) is 0 Å². The third-order valence-corrected chi connectivity index (χ3v) is 4.56. The van der Waals surface area contributed by atoms with Crippen LogP contribution >= 0.6 is 11.8 Å². The van der Waals surface area contributed by atoms with Crippen LogP contribution < -0.4 is 9.47 Å². The zero-order valence-electron chi connectivity index (χ0n) is 15.2. The van der Waals surface area contributed by atoms with E-state index in [0.717, 1.165) is 5.56 Å². The van der Waals surface area contributed by atoms with Crippen LogP contribution in [0.25, 0.3) is 11.5 Å². The minimum absolute atomic E-state index is 0.103. The topological polar surface area (TPSA) is 96.3 Å². The van der Waals surface area contributed by atoms with Crippen LogP contribution in [-0.2, 0) is 0 Å². The zero-order valence-corrected chi connectivity index (χ0v) is 16.0. The molecule has 138 valence electrons. The third kappa shape index (κ3) is 3.82. The first kappa shape index (κ1) is 18.2. The highest BCUT2D eigenvalue weighted by Crippen LogP contribution is 2.36. The second-order valence-electron chi connectivity index (χ2n) is 5.85. The molecule has 1 atom stereocenters. The van der Waals surface area contributed by atoms with E-state index in [4.69, 9.17) is 18.4 Å². The van der Waals surface area contributed by atoms with Gasteiger partial charge in [-0.2, -0.15) is 4.98 Å². The summed E-state index contributed by atoms with van der Waals surface area (Å²) in [7, 11) is 3.16. The van der Waals surface area contributed by atoms with Gasteiger partial charge in [-0.25, -0.2) is 0 Å². The van der Waals surface area contributed by atoms with Gasteiger partial charge in [0.15, 0.2) is 17.3 Å². The maximum Gasteiger partial charge on any atom is 0.277 e. The summed E-state index contributed by atoms with van der Waals surface area (Å²) in [5, 5.41) is 12.5. The van der Waals surface area contributed by atoms with Crippen molar-refractivity contribution < 1.29 is 18.4 Å². The molecule has 2 heterocycles. The lowest BCUT2D eigenvalue weighted by Crippen LogP contribution is -1.92. The summed E-state index contributed by atoms with van der Waals surface area (Å²) in [6, 6.07) is 5.41. The fourth-order valence-electron chi connectivity index (χ4n) is 2.19. The summed E-state index contributed by atoms with van der Waals surface area (Å²) in [5.74, 6) is 3.06.